The third-order valence-electron chi connectivity index (χ3n) is 5.41. The molecule has 35 heavy (non-hydrogen) atoms. The number of carboxylic acids is 2. The zero-order chi connectivity index (χ0) is 25.6. The Morgan fingerprint density at radius 3 is 1.60 bits per heavy atom. The highest BCUT2D eigenvalue weighted by Gasteiger charge is 2.18. The number of rotatable bonds is 10. The van der Waals surface area contributed by atoms with E-state index in [2.05, 4.69) is 16.7 Å². The zero-order valence-corrected chi connectivity index (χ0v) is 19.8. The molecule has 1 fully saturated rings. The molecule has 190 valence electrons. The van der Waals surface area contributed by atoms with E-state index in [0.29, 0.717) is 18.8 Å². The fourth-order valence-electron chi connectivity index (χ4n) is 3.66. The van der Waals surface area contributed by atoms with Crippen LogP contribution in [0, 0.1) is 11.6 Å². The van der Waals surface area contributed by atoms with Crippen LogP contribution >= 0.6 is 0 Å². The largest absolute Gasteiger partial charge is 0.478 e. The number of hydrogen-bond donors (Lipinski definition) is 2. The summed E-state index contributed by atoms with van der Waals surface area (Å²) in [5.74, 6) is -3.07. The van der Waals surface area contributed by atoms with Crippen molar-refractivity contribution in [1.82, 2.24) is 9.80 Å². The Kier molecular flexibility index (Phi) is 12.0. The average Bonchev–Trinajstić information content (AvgIpc) is 2.84. The second-order valence-electron chi connectivity index (χ2n) is 8.05. The van der Waals surface area contributed by atoms with Gasteiger partial charge in [-0.05, 0) is 48.4 Å². The molecule has 2 aromatic carbocycles. The summed E-state index contributed by atoms with van der Waals surface area (Å²) in [7, 11) is 0. The summed E-state index contributed by atoms with van der Waals surface area (Å²) >= 11 is 0. The lowest BCUT2D eigenvalue weighted by atomic mass is 10.0. The number of ether oxygens (including phenoxy) is 1. The Bertz CT molecular complexity index is 882. The van der Waals surface area contributed by atoms with E-state index in [1.165, 1.54) is 37.2 Å². The highest BCUT2D eigenvalue weighted by atomic mass is 19.1. The molecule has 1 saturated heterocycles. The van der Waals surface area contributed by atoms with E-state index >= 15 is 0 Å². The van der Waals surface area contributed by atoms with Gasteiger partial charge in [0.15, 0.2) is 0 Å². The molecular weight excluding hydrogens is 458 g/mol. The first-order valence-corrected chi connectivity index (χ1v) is 11.5. The van der Waals surface area contributed by atoms with Crippen molar-refractivity contribution in [3.8, 4) is 0 Å². The lowest BCUT2D eigenvalue weighted by Gasteiger charge is -2.34. The first-order chi connectivity index (χ1) is 16.8. The third kappa shape index (κ3) is 10.8. The first-order valence-electron chi connectivity index (χ1n) is 11.5. The Morgan fingerprint density at radius 2 is 1.23 bits per heavy atom. The van der Waals surface area contributed by atoms with E-state index in [-0.39, 0.29) is 17.7 Å². The molecule has 0 aliphatic carbocycles. The van der Waals surface area contributed by atoms with Gasteiger partial charge in [0.05, 0.1) is 6.61 Å². The number of nitrogens with zero attached hydrogens (tertiary/aromatic N) is 2. The maximum Gasteiger partial charge on any atom is 0.328 e. The molecule has 3 rings (SSSR count). The first kappa shape index (κ1) is 28.1. The van der Waals surface area contributed by atoms with Gasteiger partial charge in [0.1, 0.15) is 17.7 Å². The monoisotopic (exact) mass is 490 g/mol. The quantitative estimate of drug-likeness (QED) is 0.490. The Labute approximate surface area is 204 Å². The molecule has 7 nitrogen and oxygen atoms in total. The van der Waals surface area contributed by atoms with Crippen LogP contribution in [0.1, 0.15) is 30.6 Å². The SMILES string of the molecule is CCCN1CCN(CCOC(c2ccc(F)cc2)c2ccc(F)cc2)CC1.O=C(O)/C=C/C(=O)O. The van der Waals surface area contributed by atoms with E-state index in [4.69, 9.17) is 14.9 Å². The summed E-state index contributed by atoms with van der Waals surface area (Å²) < 4.78 is 32.7. The molecule has 1 aliphatic rings. The van der Waals surface area contributed by atoms with E-state index in [9.17, 15) is 18.4 Å². The number of halogens is 2. The number of carboxylic acid groups (broad SMARTS) is 2. The van der Waals surface area contributed by atoms with Gasteiger partial charge >= 0.3 is 11.9 Å². The molecule has 0 spiro atoms. The van der Waals surface area contributed by atoms with Gasteiger partial charge in [0.25, 0.3) is 0 Å². The van der Waals surface area contributed by atoms with Crippen LogP contribution in [0.25, 0.3) is 0 Å². The Hall–Kier alpha value is -3.14. The molecule has 0 aromatic heterocycles. The van der Waals surface area contributed by atoms with E-state index in [1.54, 1.807) is 24.3 Å². The van der Waals surface area contributed by atoms with Crippen molar-refractivity contribution in [2.24, 2.45) is 0 Å². The Morgan fingerprint density at radius 1 is 0.829 bits per heavy atom. The highest BCUT2D eigenvalue weighted by molar-refractivity contribution is 5.89. The van der Waals surface area contributed by atoms with Crippen molar-refractivity contribution < 1.29 is 33.3 Å². The molecule has 0 amide bonds. The van der Waals surface area contributed by atoms with E-state index < -0.39 is 11.9 Å². The normalized spacial score (nSPS) is 14.6. The van der Waals surface area contributed by atoms with Crippen LogP contribution < -0.4 is 0 Å². The van der Waals surface area contributed by atoms with Gasteiger partial charge in [-0.1, -0.05) is 31.2 Å². The number of piperazine rings is 1. The van der Waals surface area contributed by atoms with E-state index in [0.717, 1.165) is 43.9 Å². The van der Waals surface area contributed by atoms with Crippen LogP contribution in [0.15, 0.2) is 60.7 Å². The number of hydrogen-bond acceptors (Lipinski definition) is 5. The van der Waals surface area contributed by atoms with E-state index in [1.807, 2.05) is 0 Å². The maximum atomic E-state index is 13.3. The molecule has 1 aliphatic heterocycles. The second-order valence-corrected chi connectivity index (χ2v) is 8.05. The van der Waals surface area contributed by atoms with Crippen LogP contribution in [0.4, 0.5) is 8.78 Å². The second kappa shape index (κ2) is 15.0. The predicted molar refractivity (Wildman–Crippen MR) is 128 cm³/mol. The van der Waals surface area contributed by atoms with Crippen LogP contribution in [0.2, 0.25) is 0 Å². The van der Waals surface area contributed by atoms with Gasteiger partial charge in [-0.3, -0.25) is 4.90 Å². The van der Waals surface area contributed by atoms with Crippen LogP contribution in [-0.2, 0) is 14.3 Å². The van der Waals surface area contributed by atoms with Gasteiger partial charge in [-0.15, -0.1) is 0 Å². The minimum absolute atomic E-state index is 0.276. The average molecular weight is 491 g/mol. The molecule has 0 bridgehead atoms. The summed E-state index contributed by atoms with van der Waals surface area (Å²) in [5, 5.41) is 15.6. The fraction of sp³-hybridized carbons (Fsp3) is 0.385. The van der Waals surface area contributed by atoms with Gasteiger partial charge in [-0.2, -0.15) is 0 Å². The van der Waals surface area contributed by atoms with Crippen molar-refractivity contribution in [2.75, 3.05) is 45.9 Å². The summed E-state index contributed by atoms with van der Waals surface area (Å²) in [6.45, 7) is 9.14. The molecule has 9 heteroatoms. The van der Waals surface area contributed by atoms with Crippen molar-refractivity contribution >= 4 is 11.9 Å². The Balaban J connectivity index is 0.000000466. The van der Waals surface area contributed by atoms with Crippen molar-refractivity contribution in [1.29, 1.82) is 0 Å². The number of benzene rings is 2. The minimum atomic E-state index is -1.26. The summed E-state index contributed by atoms with van der Waals surface area (Å²) in [6, 6.07) is 12.6. The highest BCUT2D eigenvalue weighted by Crippen LogP contribution is 2.26. The molecule has 0 saturated carbocycles. The smallest absolute Gasteiger partial charge is 0.328 e. The predicted octanol–water partition coefficient (Wildman–Crippen LogP) is 3.81. The van der Waals surface area contributed by atoms with Crippen molar-refractivity contribution in [3.63, 3.8) is 0 Å². The fourth-order valence-corrected chi connectivity index (χ4v) is 3.66. The third-order valence-corrected chi connectivity index (χ3v) is 5.41. The van der Waals surface area contributed by atoms with Gasteiger partial charge in [0, 0.05) is 44.9 Å². The van der Waals surface area contributed by atoms with Crippen molar-refractivity contribution in [2.45, 2.75) is 19.4 Å². The molecule has 0 atom stereocenters. The lowest BCUT2D eigenvalue weighted by Crippen LogP contribution is -2.47. The van der Waals surface area contributed by atoms with Crippen LogP contribution in [0.3, 0.4) is 0 Å². The van der Waals surface area contributed by atoms with Gasteiger partial charge in [-0.25, -0.2) is 18.4 Å². The molecular formula is C26H32F2N2O5. The zero-order valence-electron chi connectivity index (χ0n) is 19.8. The van der Waals surface area contributed by atoms with Gasteiger partial charge < -0.3 is 19.8 Å². The summed E-state index contributed by atoms with van der Waals surface area (Å²) in [4.78, 5) is 24.0. The number of carbonyl (C=O) groups is 2. The standard InChI is InChI=1S/C22H28F2N2O.C4H4O4/c1-2-11-25-12-14-26(15-13-25)16-17-27-22(18-3-7-20(23)8-4-18)19-5-9-21(24)10-6-19;5-3(6)1-2-4(7)8/h3-10,22H,2,11-17H2,1H3;1-2H,(H,5,6)(H,7,8)/b;2-1+. The molecule has 0 unspecified atom stereocenters. The minimum Gasteiger partial charge on any atom is -0.478 e. The van der Waals surface area contributed by atoms with Gasteiger partial charge in [0.2, 0.25) is 0 Å². The topological polar surface area (TPSA) is 90.3 Å². The molecule has 2 aromatic rings. The number of aliphatic carboxylic acids is 2. The summed E-state index contributed by atoms with van der Waals surface area (Å²) in [5.41, 5.74) is 1.74. The summed E-state index contributed by atoms with van der Waals surface area (Å²) in [6.07, 6.45) is 1.98. The molecule has 2 N–H and O–H groups in total. The van der Waals surface area contributed by atoms with Crippen molar-refractivity contribution in [3.05, 3.63) is 83.4 Å². The van der Waals surface area contributed by atoms with Crippen LogP contribution in [0.5, 0.6) is 0 Å². The van der Waals surface area contributed by atoms with Crippen LogP contribution in [-0.4, -0.2) is 77.8 Å². The lowest BCUT2D eigenvalue weighted by molar-refractivity contribution is -0.134. The molecule has 1 heterocycles. The molecule has 0 radical (unpaired) electrons. The maximum absolute atomic E-state index is 13.3.